The number of carbonyl (C=O) groups is 3. The van der Waals surface area contributed by atoms with Crippen LogP contribution in [0.3, 0.4) is 0 Å². The molecule has 0 aromatic heterocycles. The van der Waals surface area contributed by atoms with Gasteiger partial charge in [-0.1, -0.05) is 206 Å². The summed E-state index contributed by atoms with van der Waals surface area (Å²) in [5.41, 5.74) is 0. The molecular formula is C52H99NO7. The van der Waals surface area contributed by atoms with E-state index in [0.717, 1.165) is 51.4 Å². The summed E-state index contributed by atoms with van der Waals surface area (Å²) in [5, 5.41) is 11.6. The summed E-state index contributed by atoms with van der Waals surface area (Å²) in [6.45, 7) is 4.68. The number of carbonyl (C=O) groups excluding carboxylic acids is 3. The number of quaternary nitrogens is 1. The number of carboxylic acids is 1. The third-order valence-corrected chi connectivity index (χ3v) is 11.9. The Morgan fingerprint density at radius 1 is 0.483 bits per heavy atom. The van der Waals surface area contributed by atoms with Gasteiger partial charge in [0, 0.05) is 19.3 Å². The van der Waals surface area contributed by atoms with Crippen molar-refractivity contribution in [2.24, 2.45) is 0 Å². The summed E-state index contributed by atoms with van der Waals surface area (Å²) in [5.74, 6) is -1.73. The number of likely N-dealkylation sites (N-methyl/N-ethyl adjacent to an activating group) is 1. The van der Waals surface area contributed by atoms with E-state index >= 15 is 0 Å². The maximum absolute atomic E-state index is 12.7. The molecule has 0 saturated carbocycles. The molecule has 2 atom stereocenters. The van der Waals surface area contributed by atoms with Gasteiger partial charge in [-0.2, -0.15) is 0 Å². The van der Waals surface area contributed by atoms with Gasteiger partial charge in [-0.3, -0.25) is 9.59 Å². The monoisotopic (exact) mass is 850 g/mol. The van der Waals surface area contributed by atoms with E-state index in [1.807, 2.05) is 0 Å². The molecule has 354 valence electrons. The molecule has 0 radical (unpaired) electrons. The van der Waals surface area contributed by atoms with Gasteiger partial charge in [0.25, 0.3) is 0 Å². The number of unbranched alkanes of at least 4 members (excludes halogenated alkanes) is 31. The molecule has 0 spiro atoms. The van der Waals surface area contributed by atoms with E-state index < -0.39 is 18.1 Å². The highest BCUT2D eigenvalue weighted by Crippen LogP contribution is 2.17. The Hall–Kier alpha value is -1.93. The lowest BCUT2D eigenvalue weighted by Gasteiger charge is -2.34. The molecule has 0 N–H and O–H groups in total. The number of rotatable bonds is 47. The van der Waals surface area contributed by atoms with E-state index in [2.05, 4.69) is 26.0 Å². The second-order valence-corrected chi connectivity index (χ2v) is 18.8. The number of aliphatic carboxylic acids is 1. The number of nitrogens with zero attached hydrogens (tertiary/aromatic N) is 1. The number of ether oxygens (including phenoxy) is 3. The van der Waals surface area contributed by atoms with Crippen LogP contribution in [0, 0.1) is 0 Å². The van der Waals surface area contributed by atoms with Gasteiger partial charge in [0.1, 0.15) is 12.6 Å². The lowest BCUT2D eigenvalue weighted by Crippen LogP contribution is -2.55. The number of carboxylic acid groups (broad SMARTS) is 1. The fraction of sp³-hybridized carbons (Fsp3) is 0.904. The molecule has 0 fully saturated rings. The van der Waals surface area contributed by atoms with Crippen molar-refractivity contribution in [2.75, 3.05) is 41.0 Å². The number of hydrogen-bond acceptors (Lipinski definition) is 7. The molecule has 2 unspecified atom stereocenters. The zero-order valence-corrected chi connectivity index (χ0v) is 40.4. The van der Waals surface area contributed by atoms with Crippen LogP contribution in [-0.2, 0) is 28.6 Å². The highest BCUT2D eigenvalue weighted by Gasteiger charge is 2.25. The van der Waals surface area contributed by atoms with Crippen LogP contribution in [0.4, 0.5) is 0 Å². The van der Waals surface area contributed by atoms with E-state index in [9.17, 15) is 19.5 Å². The summed E-state index contributed by atoms with van der Waals surface area (Å²) in [4.78, 5) is 37.0. The summed E-state index contributed by atoms with van der Waals surface area (Å²) in [6, 6.07) is -0.723. The van der Waals surface area contributed by atoms with Crippen molar-refractivity contribution in [2.45, 2.75) is 264 Å². The van der Waals surface area contributed by atoms with E-state index in [0.29, 0.717) is 12.8 Å². The molecular weight excluding hydrogens is 751 g/mol. The maximum Gasteiger partial charge on any atom is 0.306 e. The summed E-state index contributed by atoms with van der Waals surface area (Å²) < 4.78 is 17.2. The fourth-order valence-electron chi connectivity index (χ4n) is 7.89. The Bertz CT molecular complexity index is 993. The Balaban J connectivity index is 4.13. The zero-order chi connectivity index (χ0) is 44.2. The largest absolute Gasteiger partial charge is 0.544 e. The van der Waals surface area contributed by atoms with E-state index in [1.54, 1.807) is 21.1 Å². The molecule has 0 aromatic rings. The third-order valence-electron chi connectivity index (χ3n) is 11.9. The molecule has 0 heterocycles. The van der Waals surface area contributed by atoms with Crippen LogP contribution in [0.5, 0.6) is 0 Å². The minimum atomic E-state index is -1.12. The Kier molecular flexibility index (Phi) is 42.3. The second kappa shape index (κ2) is 43.7. The van der Waals surface area contributed by atoms with Crippen LogP contribution in [-0.4, -0.2) is 75.5 Å². The van der Waals surface area contributed by atoms with E-state index in [1.165, 1.54) is 167 Å². The van der Waals surface area contributed by atoms with Crippen LogP contribution in [0.15, 0.2) is 12.2 Å². The number of esters is 2. The van der Waals surface area contributed by atoms with Gasteiger partial charge in [-0.15, -0.1) is 0 Å². The van der Waals surface area contributed by atoms with Crippen molar-refractivity contribution in [3.63, 3.8) is 0 Å². The number of allylic oxidation sites excluding steroid dienone is 2. The predicted octanol–water partition coefficient (Wildman–Crippen LogP) is 13.3. The third kappa shape index (κ3) is 41.4. The van der Waals surface area contributed by atoms with Crippen LogP contribution < -0.4 is 5.11 Å². The normalized spacial score (nSPS) is 12.9. The molecule has 8 heteroatoms. The Morgan fingerprint density at radius 2 is 0.833 bits per heavy atom. The zero-order valence-electron chi connectivity index (χ0n) is 40.4. The SMILES string of the molecule is CCCCCC/C=C\CCCCCCCC(=O)OC(COCCC(C(=O)[O-])[N+](C)(C)C)COC(=O)CCCCCCCCCCCCCCCCCCCCCCCCC. The Labute approximate surface area is 371 Å². The van der Waals surface area contributed by atoms with Gasteiger partial charge in [0.15, 0.2) is 6.10 Å². The van der Waals surface area contributed by atoms with Crippen LogP contribution in [0.2, 0.25) is 0 Å². The van der Waals surface area contributed by atoms with Crippen molar-refractivity contribution >= 4 is 17.9 Å². The van der Waals surface area contributed by atoms with Crippen LogP contribution >= 0.6 is 0 Å². The molecule has 0 aliphatic heterocycles. The molecule has 0 saturated heterocycles. The molecule has 8 nitrogen and oxygen atoms in total. The van der Waals surface area contributed by atoms with Crippen molar-refractivity contribution in [1.29, 1.82) is 0 Å². The molecule has 0 rings (SSSR count). The van der Waals surface area contributed by atoms with Gasteiger partial charge in [0.05, 0.1) is 40.3 Å². The first-order chi connectivity index (χ1) is 29.1. The van der Waals surface area contributed by atoms with Crippen LogP contribution in [0.1, 0.15) is 251 Å². The van der Waals surface area contributed by atoms with Crippen molar-refractivity contribution in [3.8, 4) is 0 Å². The molecule has 0 bridgehead atoms. The van der Waals surface area contributed by atoms with Crippen molar-refractivity contribution in [3.05, 3.63) is 12.2 Å². The minimum Gasteiger partial charge on any atom is -0.544 e. The first-order valence-corrected chi connectivity index (χ1v) is 25.7. The first kappa shape index (κ1) is 58.1. The van der Waals surface area contributed by atoms with Gasteiger partial charge < -0.3 is 28.6 Å². The molecule has 0 aromatic carbocycles. The first-order valence-electron chi connectivity index (χ1n) is 25.7. The smallest absolute Gasteiger partial charge is 0.306 e. The van der Waals surface area contributed by atoms with Crippen molar-refractivity contribution < 1.29 is 38.2 Å². The number of hydrogen-bond donors (Lipinski definition) is 0. The quantitative estimate of drug-likeness (QED) is 0.0260. The van der Waals surface area contributed by atoms with E-state index in [4.69, 9.17) is 14.2 Å². The minimum absolute atomic E-state index is 0.0431. The van der Waals surface area contributed by atoms with Crippen LogP contribution in [0.25, 0.3) is 0 Å². The van der Waals surface area contributed by atoms with E-state index in [-0.39, 0.29) is 42.7 Å². The summed E-state index contributed by atoms with van der Waals surface area (Å²) >= 11 is 0. The highest BCUT2D eigenvalue weighted by molar-refractivity contribution is 5.70. The lowest BCUT2D eigenvalue weighted by atomic mass is 10.0. The van der Waals surface area contributed by atoms with Gasteiger partial charge in [0.2, 0.25) is 0 Å². The standard InChI is InChI=1S/C52H99NO7/c1-6-8-10-12-14-16-18-20-21-22-23-24-25-26-27-28-29-31-32-34-36-38-40-42-50(54)59-47-48(46-58-45-44-49(52(56)57)53(3,4)5)60-51(55)43-41-39-37-35-33-30-19-17-15-13-11-9-7-2/h17,19,48-49H,6-16,18,20-47H2,1-5H3/b19-17-. The maximum atomic E-state index is 12.7. The van der Waals surface area contributed by atoms with Gasteiger partial charge in [-0.25, -0.2) is 0 Å². The Morgan fingerprint density at radius 3 is 1.22 bits per heavy atom. The van der Waals surface area contributed by atoms with Gasteiger partial charge >= 0.3 is 11.9 Å². The molecule has 0 aliphatic rings. The molecule has 0 aliphatic carbocycles. The second-order valence-electron chi connectivity index (χ2n) is 18.8. The average Bonchev–Trinajstić information content (AvgIpc) is 3.21. The molecule has 0 amide bonds. The fourth-order valence-corrected chi connectivity index (χ4v) is 7.89. The topological polar surface area (TPSA) is 102 Å². The predicted molar refractivity (Wildman–Crippen MR) is 250 cm³/mol. The average molecular weight is 850 g/mol. The van der Waals surface area contributed by atoms with Gasteiger partial charge in [-0.05, 0) is 38.5 Å². The molecule has 60 heavy (non-hydrogen) atoms. The summed E-state index contributed by atoms with van der Waals surface area (Å²) in [6.07, 6.45) is 48.2. The summed E-state index contributed by atoms with van der Waals surface area (Å²) in [7, 11) is 5.42. The van der Waals surface area contributed by atoms with Crippen molar-refractivity contribution in [1.82, 2.24) is 0 Å². The highest BCUT2D eigenvalue weighted by atomic mass is 16.6. The lowest BCUT2D eigenvalue weighted by molar-refractivity contribution is -0.889.